The van der Waals surface area contributed by atoms with Crippen molar-refractivity contribution in [1.82, 2.24) is 4.90 Å². The Morgan fingerprint density at radius 1 is 1.44 bits per heavy atom. The second-order valence-corrected chi connectivity index (χ2v) is 1.93. The van der Waals surface area contributed by atoms with Crippen LogP contribution < -0.4 is 17.2 Å². The van der Waals surface area contributed by atoms with E-state index in [0.717, 1.165) is 0 Å². The third-order valence-electron chi connectivity index (χ3n) is 0.810. The molecule has 0 aliphatic rings. The minimum Gasteiger partial charge on any atom is -0.370 e. The molecule has 5 heteroatoms. The van der Waals surface area contributed by atoms with Crippen LogP contribution in [0.3, 0.4) is 0 Å². The fourth-order valence-corrected chi connectivity index (χ4v) is 0.268. The number of guanidine groups is 1. The topological polar surface area (TPSA) is 93.7 Å². The van der Waals surface area contributed by atoms with Gasteiger partial charge in [-0.1, -0.05) is 0 Å². The highest BCUT2D eigenvalue weighted by molar-refractivity contribution is 5.75. The van der Waals surface area contributed by atoms with Crippen molar-refractivity contribution in [3.8, 4) is 0 Å². The second-order valence-electron chi connectivity index (χ2n) is 1.93. The number of rotatable bonds is 2. The molecule has 0 bridgehead atoms. The van der Waals surface area contributed by atoms with Gasteiger partial charge in [-0.2, -0.15) is 0 Å². The van der Waals surface area contributed by atoms with Gasteiger partial charge in [-0.25, -0.2) is 4.99 Å². The molecule has 0 aliphatic heterocycles. The molecule has 0 saturated carbocycles. The highest BCUT2D eigenvalue weighted by atomic mass is 15.3. The van der Waals surface area contributed by atoms with E-state index in [1.54, 1.807) is 19.0 Å². The summed E-state index contributed by atoms with van der Waals surface area (Å²) in [4.78, 5) is 5.35. The van der Waals surface area contributed by atoms with Crippen molar-refractivity contribution in [3.63, 3.8) is 0 Å². The molecular weight excluding hydrogens is 118 g/mol. The highest BCUT2D eigenvalue weighted by Gasteiger charge is 1.99. The summed E-state index contributed by atoms with van der Waals surface area (Å²) in [7, 11) is 3.58. The number of nitrogens with zero attached hydrogens (tertiary/aromatic N) is 2. The second kappa shape index (κ2) is 3.26. The molecule has 54 valence electrons. The van der Waals surface area contributed by atoms with Crippen LogP contribution in [0.25, 0.3) is 0 Å². The number of aliphatic imine (C=N–C) groups is 1. The molecule has 5 nitrogen and oxygen atoms in total. The van der Waals surface area contributed by atoms with E-state index in [9.17, 15) is 0 Å². The summed E-state index contributed by atoms with van der Waals surface area (Å²) in [5, 5.41) is 0. The lowest BCUT2D eigenvalue weighted by Crippen LogP contribution is -2.38. The summed E-state index contributed by atoms with van der Waals surface area (Å²) in [6.45, 7) is 0. The zero-order valence-corrected chi connectivity index (χ0v) is 5.70. The average molecular weight is 131 g/mol. The molecule has 1 atom stereocenters. The lowest BCUT2D eigenvalue weighted by atomic mass is 10.7. The first-order chi connectivity index (χ1) is 4.04. The Bertz CT molecular complexity index is 104. The van der Waals surface area contributed by atoms with Gasteiger partial charge in [0.05, 0.1) is 0 Å². The van der Waals surface area contributed by atoms with E-state index >= 15 is 0 Å². The standard InChI is InChI=1S/C4H13N5/c1-9(2)4(7)8-3(5)6/h4H,7H2,1-2H3,(H4,5,6,8). The van der Waals surface area contributed by atoms with Crippen LogP contribution in [-0.2, 0) is 0 Å². The van der Waals surface area contributed by atoms with Crippen molar-refractivity contribution in [3.05, 3.63) is 0 Å². The molecule has 9 heavy (non-hydrogen) atoms. The third kappa shape index (κ3) is 3.75. The minimum atomic E-state index is -0.435. The van der Waals surface area contributed by atoms with E-state index in [0.29, 0.717) is 0 Å². The predicted octanol–water partition coefficient (Wildman–Crippen LogP) is -1.94. The Kier molecular flexibility index (Phi) is 2.97. The molecule has 0 aliphatic carbocycles. The monoisotopic (exact) mass is 131 g/mol. The Labute approximate surface area is 54.5 Å². The smallest absolute Gasteiger partial charge is 0.188 e. The van der Waals surface area contributed by atoms with E-state index in [4.69, 9.17) is 17.2 Å². The van der Waals surface area contributed by atoms with Gasteiger partial charge in [0, 0.05) is 0 Å². The van der Waals surface area contributed by atoms with Gasteiger partial charge in [-0.15, -0.1) is 0 Å². The first kappa shape index (κ1) is 8.19. The summed E-state index contributed by atoms with van der Waals surface area (Å²) >= 11 is 0. The van der Waals surface area contributed by atoms with Gasteiger partial charge < -0.3 is 11.5 Å². The summed E-state index contributed by atoms with van der Waals surface area (Å²) in [6, 6.07) is 0. The maximum atomic E-state index is 5.40. The van der Waals surface area contributed by atoms with Crippen molar-refractivity contribution in [1.29, 1.82) is 0 Å². The molecule has 1 unspecified atom stereocenters. The van der Waals surface area contributed by atoms with Crippen LogP contribution in [-0.4, -0.2) is 31.2 Å². The number of hydrogen-bond donors (Lipinski definition) is 3. The molecule has 6 N–H and O–H groups in total. The molecule has 0 radical (unpaired) electrons. The van der Waals surface area contributed by atoms with E-state index in [-0.39, 0.29) is 5.96 Å². The summed E-state index contributed by atoms with van der Waals surface area (Å²) in [6.07, 6.45) is -0.435. The van der Waals surface area contributed by atoms with E-state index in [1.807, 2.05) is 0 Å². The van der Waals surface area contributed by atoms with Crippen molar-refractivity contribution in [2.24, 2.45) is 22.2 Å². The Balaban J connectivity index is 3.76. The molecule has 0 rings (SSSR count). The first-order valence-electron chi connectivity index (χ1n) is 2.55. The van der Waals surface area contributed by atoms with Gasteiger partial charge in [0.15, 0.2) is 12.2 Å². The molecule has 0 heterocycles. The zero-order valence-electron chi connectivity index (χ0n) is 5.70. The van der Waals surface area contributed by atoms with E-state index < -0.39 is 6.29 Å². The Morgan fingerprint density at radius 2 is 1.89 bits per heavy atom. The van der Waals surface area contributed by atoms with Crippen LogP contribution >= 0.6 is 0 Å². The zero-order chi connectivity index (χ0) is 7.44. The van der Waals surface area contributed by atoms with Gasteiger partial charge in [-0.3, -0.25) is 10.6 Å². The predicted molar refractivity (Wildman–Crippen MR) is 37.5 cm³/mol. The molecule has 0 aromatic carbocycles. The van der Waals surface area contributed by atoms with Crippen LogP contribution in [0.5, 0.6) is 0 Å². The minimum absolute atomic E-state index is 0.0104. The van der Waals surface area contributed by atoms with Crippen LogP contribution in [0, 0.1) is 0 Å². The quantitative estimate of drug-likeness (QED) is 0.231. The van der Waals surface area contributed by atoms with Crippen LogP contribution in [0.15, 0.2) is 4.99 Å². The summed E-state index contributed by atoms with van der Waals surface area (Å²) in [5.41, 5.74) is 15.5. The fourth-order valence-electron chi connectivity index (χ4n) is 0.268. The molecule has 0 aromatic rings. The molecular formula is C4H13N5. The lowest BCUT2D eigenvalue weighted by Gasteiger charge is -2.14. The maximum absolute atomic E-state index is 5.40. The normalized spacial score (nSPS) is 13.3. The van der Waals surface area contributed by atoms with Gasteiger partial charge in [0.25, 0.3) is 0 Å². The molecule has 0 fully saturated rings. The maximum Gasteiger partial charge on any atom is 0.188 e. The van der Waals surface area contributed by atoms with E-state index in [2.05, 4.69) is 4.99 Å². The van der Waals surface area contributed by atoms with Crippen molar-refractivity contribution in [2.75, 3.05) is 14.1 Å². The molecule has 0 amide bonds. The largest absolute Gasteiger partial charge is 0.370 e. The van der Waals surface area contributed by atoms with Gasteiger partial charge >= 0.3 is 0 Å². The SMILES string of the molecule is CN(C)C(N)N=C(N)N. The lowest BCUT2D eigenvalue weighted by molar-refractivity contribution is 0.310. The summed E-state index contributed by atoms with van der Waals surface area (Å²) in [5.74, 6) is 0.0104. The number of nitrogens with two attached hydrogens (primary N) is 3. The van der Waals surface area contributed by atoms with Gasteiger partial charge in [-0.05, 0) is 14.1 Å². The van der Waals surface area contributed by atoms with Crippen LogP contribution in [0.4, 0.5) is 0 Å². The highest BCUT2D eigenvalue weighted by Crippen LogP contribution is 1.82. The van der Waals surface area contributed by atoms with Crippen molar-refractivity contribution < 1.29 is 0 Å². The van der Waals surface area contributed by atoms with Crippen molar-refractivity contribution in [2.45, 2.75) is 6.29 Å². The average Bonchev–Trinajstić information content (AvgIpc) is 1.63. The van der Waals surface area contributed by atoms with E-state index in [1.165, 1.54) is 0 Å². The number of hydrogen-bond acceptors (Lipinski definition) is 3. The molecule has 0 aromatic heterocycles. The van der Waals surface area contributed by atoms with Crippen LogP contribution in [0.2, 0.25) is 0 Å². The Hall–Kier alpha value is -0.810. The van der Waals surface area contributed by atoms with Crippen LogP contribution in [0.1, 0.15) is 0 Å². The van der Waals surface area contributed by atoms with Crippen molar-refractivity contribution >= 4 is 5.96 Å². The molecule has 0 saturated heterocycles. The first-order valence-corrected chi connectivity index (χ1v) is 2.55. The van der Waals surface area contributed by atoms with Gasteiger partial charge in [0.1, 0.15) is 0 Å². The summed E-state index contributed by atoms with van der Waals surface area (Å²) < 4.78 is 0. The fraction of sp³-hybridized carbons (Fsp3) is 0.750. The van der Waals surface area contributed by atoms with Gasteiger partial charge in [0.2, 0.25) is 0 Å². The Morgan fingerprint density at radius 3 is 2.00 bits per heavy atom. The molecule has 0 spiro atoms. The third-order valence-corrected chi connectivity index (χ3v) is 0.810.